The fourth-order valence-corrected chi connectivity index (χ4v) is 5.26. The Morgan fingerprint density at radius 1 is 0.976 bits per heavy atom. The topological polar surface area (TPSA) is 101 Å². The Kier molecular flexibility index (Phi) is 9.80. The van der Waals surface area contributed by atoms with Crippen molar-refractivity contribution in [2.24, 2.45) is 5.73 Å². The van der Waals surface area contributed by atoms with Crippen molar-refractivity contribution in [3.05, 3.63) is 89.6 Å². The molecular weight excluding hydrogens is 530 g/mol. The smallest absolute Gasteiger partial charge is 0.369 e. The second-order valence-electron chi connectivity index (χ2n) is 10.9. The van der Waals surface area contributed by atoms with Crippen LogP contribution in [0, 0.1) is 0 Å². The molecule has 1 amide bonds. The lowest BCUT2D eigenvalue weighted by atomic mass is 9.90. The van der Waals surface area contributed by atoms with E-state index in [0.717, 1.165) is 41.3 Å². The Morgan fingerprint density at radius 2 is 1.69 bits per heavy atom. The third-order valence-corrected chi connectivity index (χ3v) is 7.58. The molecule has 220 valence electrons. The van der Waals surface area contributed by atoms with Gasteiger partial charge in [-0.2, -0.15) is 0 Å². The number of primary amides is 1. The second-order valence-corrected chi connectivity index (χ2v) is 10.9. The van der Waals surface area contributed by atoms with E-state index in [1.54, 1.807) is 12.1 Å². The van der Waals surface area contributed by atoms with E-state index in [9.17, 15) is 9.59 Å². The van der Waals surface area contributed by atoms with E-state index in [2.05, 4.69) is 19.1 Å². The van der Waals surface area contributed by atoms with Crippen LogP contribution >= 0.6 is 0 Å². The van der Waals surface area contributed by atoms with E-state index in [1.807, 2.05) is 62.6 Å². The average molecular weight is 571 g/mol. The van der Waals surface area contributed by atoms with Crippen LogP contribution < -0.4 is 15.2 Å². The molecule has 2 N–H and O–H groups in total. The number of unbranched alkanes of at least 4 members (excludes halogenated alkanes) is 1. The number of pyridine rings is 1. The molecule has 0 bridgehead atoms. The zero-order valence-corrected chi connectivity index (χ0v) is 25.1. The van der Waals surface area contributed by atoms with Crippen LogP contribution in [0.3, 0.4) is 0 Å². The van der Waals surface area contributed by atoms with Crippen molar-refractivity contribution in [3.63, 3.8) is 0 Å². The van der Waals surface area contributed by atoms with E-state index in [4.69, 9.17) is 24.9 Å². The van der Waals surface area contributed by atoms with Crippen molar-refractivity contribution in [1.29, 1.82) is 0 Å². The van der Waals surface area contributed by atoms with Gasteiger partial charge in [-0.1, -0.05) is 61.9 Å². The monoisotopic (exact) mass is 570 g/mol. The number of nitrogens with two attached hydrogens (primary N) is 1. The van der Waals surface area contributed by atoms with E-state index < -0.39 is 17.9 Å². The molecule has 0 aliphatic carbocycles. The number of nitrogens with zero attached hydrogens (tertiary/aromatic N) is 2. The molecule has 0 aliphatic rings. The summed E-state index contributed by atoms with van der Waals surface area (Å²) in [6.07, 6.45) is 3.02. The highest BCUT2D eigenvalue weighted by atomic mass is 16.5. The van der Waals surface area contributed by atoms with Crippen molar-refractivity contribution in [2.75, 3.05) is 41.5 Å². The predicted octanol–water partition coefficient (Wildman–Crippen LogP) is 5.72. The van der Waals surface area contributed by atoms with Crippen LogP contribution in [-0.4, -0.2) is 62.8 Å². The van der Waals surface area contributed by atoms with Crippen molar-refractivity contribution in [2.45, 2.75) is 32.2 Å². The maximum Gasteiger partial charge on any atom is 0.369 e. The highest BCUT2D eigenvalue weighted by Crippen LogP contribution is 2.41. The quantitative estimate of drug-likeness (QED) is 0.163. The molecule has 0 spiro atoms. The molecule has 0 unspecified atom stereocenters. The number of carbonyl (C=O) groups is 2. The first-order chi connectivity index (χ1) is 20.2. The highest BCUT2D eigenvalue weighted by molar-refractivity contribution is 5.96. The fourth-order valence-electron chi connectivity index (χ4n) is 5.26. The number of rotatable bonds is 13. The summed E-state index contributed by atoms with van der Waals surface area (Å²) in [6.45, 7) is 2.91. The van der Waals surface area contributed by atoms with Crippen molar-refractivity contribution < 1.29 is 28.3 Å². The molecule has 8 heteroatoms. The number of hydrogen-bond acceptors (Lipinski definition) is 6. The van der Waals surface area contributed by atoms with Crippen LogP contribution in [0.1, 0.15) is 47.4 Å². The maximum absolute atomic E-state index is 13.5. The number of amides is 1. The van der Waals surface area contributed by atoms with Crippen LogP contribution in [0.2, 0.25) is 0 Å². The Balaban J connectivity index is 1.72. The van der Waals surface area contributed by atoms with Crippen molar-refractivity contribution >= 4 is 22.6 Å². The molecule has 4 aromatic rings. The fraction of sp³-hybridized carbons (Fsp3) is 0.324. The Labute approximate surface area is 247 Å². The molecule has 42 heavy (non-hydrogen) atoms. The Morgan fingerprint density at radius 3 is 2.36 bits per heavy atom. The van der Waals surface area contributed by atoms with Crippen LogP contribution in [-0.2, 0) is 16.0 Å². The number of aromatic nitrogens is 1. The molecule has 1 heterocycles. The first-order valence-electron chi connectivity index (χ1n) is 14.2. The van der Waals surface area contributed by atoms with Gasteiger partial charge in [0, 0.05) is 16.6 Å². The van der Waals surface area contributed by atoms with Gasteiger partial charge in [-0.15, -0.1) is 0 Å². The SMILES string of the molecule is CCCCc1cc2ccccc2c(OCC[N+](C)(C)[C@@H](C(=O)OC)c2c(OC)cc(C(N)=O)cc2-c2ccccc2)n1. The molecule has 8 nitrogen and oxygen atoms in total. The highest BCUT2D eigenvalue weighted by Gasteiger charge is 2.42. The number of likely N-dealkylation sites (N-methyl/N-ethyl adjacent to an activating group) is 1. The zero-order chi connectivity index (χ0) is 30.3. The van der Waals surface area contributed by atoms with Crippen LogP contribution in [0.4, 0.5) is 0 Å². The minimum Gasteiger partial charge on any atom is -0.496 e. The predicted molar refractivity (Wildman–Crippen MR) is 165 cm³/mol. The van der Waals surface area contributed by atoms with Gasteiger partial charge in [0.25, 0.3) is 0 Å². The molecule has 1 aromatic heterocycles. The number of carbonyl (C=O) groups excluding carboxylic acids is 2. The number of fused-ring (bicyclic) bond motifs is 1. The zero-order valence-electron chi connectivity index (χ0n) is 25.1. The minimum absolute atomic E-state index is 0.187. The summed E-state index contributed by atoms with van der Waals surface area (Å²) in [5.74, 6) is -0.0618. The van der Waals surface area contributed by atoms with Gasteiger partial charge in [0.15, 0.2) is 0 Å². The van der Waals surface area contributed by atoms with Gasteiger partial charge >= 0.3 is 5.97 Å². The molecule has 0 fully saturated rings. The number of benzene rings is 3. The normalized spacial score (nSPS) is 12.1. The lowest BCUT2D eigenvalue weighted by Crippen LogP contribution is -2.49. The van der Waals surface area contributed by atoms with Crippen LogP contribution in [0.15, 0.2) is 72.8 Å². The van der Waals surface area contributed by atoms with E-state index in [1.165, 1.54) is 14.2 Å². The first-order valence-corrected chi connectivity index (χ1v) is 14.2. The number of methoxy groups -OCH3 is 2. The summed E-state index contributed by atoms with van der Waals surface area (Å²) in [4.78, 5) is 30.6. The summed E-state index contributed by atoms with van der Waals surface area (Å²) in [6, 6.07) is 22.2. The summed E-state index contributed by atoms with van der Waals surface area (Å²) in [5.41, 5.74) is 9.05. The largest absolute Gasteiger partial charge is 0.496 e. The summed E-state index contributed by atoms with van der Waals surface area (Å²) < 4.78 is 17.6. The molecule has 0 saturated carbocycles. The summed E-state index contributed by atoms with van der Waals surface area (Å²) >= 11 is 0. The minimum atomic E-state index is -0.800. The van der Waals surface area contributed by atoms with E-state index in [-0.39, 0.29) is 10.0 Å². The van der Waals surface area contributed by atoms with E-state index >= 15 is 0 Å². The average Bonchev–Trinajstić information content (AvgIpc) is 3.00. The first kappa shape index (κ1) is 30.5. The van der Waals surface area contributed by atoms with Crippen molar-refractivity contribution in [1.82, 2.24) is 4.98 Å². The molecule has 3 aromatic carbocycles. The Bertz CT molecular complexity index is 1550. The van der Waals surface area contributed by atoms with Gasteiger partial charge < -0.3 is 24.4 Å². The third-order valence-electron chi connectivity index (χ3n) is 7.58. The molecular formula is C34H40N3O5+. The van der Waals surface area contributed by atoms with Gasteiger partial charge in [-0.3, -0.25) is 4.79 Å². The maximum atomic E-state index is 13.5. The second kappa shape index (κ2) is 13.5. The van der Waals surface area contributed by atoms with Crippen molar-refractivity contribution in [3.8, 4) is 22.8 Å². The standard InChI is InChI=1S/C34H39N3O5/c1-6-7-16-26-20-24-15-11-12-17-27(24)33(36-26)42-19-18-37(2,3)31(34(39)41-5)30-28(23-13-9-8-10-14-23)21-25(32(35)38)22-29(30)40-4/h8-15,17,20-22,31H,6-7,16,18-19H2,1-5H3,(H-,35,38)/p+1/t31-/m1/s1. The lowest BCUT2D eigenvalue weighted by Gasteiger charge is -2.37. The van der Waals surface area contributed by atoms with Crippen LogP contribution in [0.25, 0.3) is 21.9 Å². The van der Waals surface area contributed by atoms with Gasteiger partial charge in [0.1, 0.15) is 18.9 Å². The van der Waals surface area contributed by atoms with Gasteiger partial charge in [0.05, 0.1) is 33.9 Å². The molecule has 0 aliphatic heterocycles. The van der Waals surface area contributed by atoms with E-state index in [0.29, 0.717) is 35.9 Å². The summed E-state index contributed by atoms with van der Waals surface area (Å²) in [5, 5.41) is 2.03. The van der Waals surface area contributed by atoms with Gasteiger partial charge in [-0.05, 0) is 53.6 Å². The third kappa shape index (κ3) is 6.71. The Hall–Kier alpha value is -4.43. The van der Waals surface area contributed by atoms with Crippen LogP contribution in [0.5, 0.6) is 11.6 Å². The van der Waals surface area contributed by atoms with Gasteiger partial charge in [-0.25, -0.2) is 9.78 Å². The van der Waals surface area contributed by atoms with Gasteiger partial charge in [0.2, 0.25) is 17.8 Å². The number of esters is 1. The lowest BCUT2D eigenvalue weighted by molar-refractivity contribution is -0.912. The number of aryl methyl sites for hydroxylation is 1. The summed E-state index contributed by atoms with van der Waals surface area (Å²) in [7, 11) is 6.78. The molecule has 0 saturated heterocycles. The molecule has 0 radical (unpaired) electrons. The molecule has 4 rings (SSSR count). The number of ether oxygens (including phenoxy) is 3. The number of quaternary nitrogens is 1. The molecule has 1 atom stereocenters. The number of hydrogen-bond donors (Lipinski definition) is 1.